The highest BCUT2D eigenvalue weighted by atomic mass is 79.9. The van der Waals surface area contributed by atoms with Crippen molar-refractivity contribution in [3.63, 3.8) is 0 Å². The van der Waals surface area contributed by atoms with Gasteiger partial charge in [-0.3, -0.25) is 9.69 Å². The molecule has 0 radical (unpaired) electrons. The van der Waals surface area contributed by atoms with E-state index in [1.165, 1.54) is 11.1 Å². The van der Waals surface area contributed by atoms with E-state index in [2.05, 4.69) is 46.0 Å². The Morgan fingerprint density at radius 1 is 1.42 bits per heavy atom. The minimum Gasteiger partial charge on any atom is -0.480 e. The standard InChI is InChI=1S/C15H20BrNO2/c1-11-6-7-12(9-13(11)16)10-17-8-4-2-3-5-14(17)15(18)19/h6-7,9,14H,2-5,8,10H2,1H3,(H,18,19). The summed E-state index contributed by atoms with van der Waals surface area (Å²) in [5.74, 6) is -0.687. The van der Waals surface area contributed by atoms with E-state index >= 15 is 0 Å². The van der Waals surface area contributed by atoms with Gasteiger partial charge in [0.05, 0.1) is 0 Å². The van der Waals surface area contributed by atoms with Crippen molar-refractivity contribution >= 4 is 21.9 Å². The molecule has 4 heteroatoms. The van der Waals surface area contributed by atoms with Crippen molar-refractivity contribution in [1.29, 1.82) is 0 Å². The van der Waals surface area contributed by atoms with Crippen molar-refractivity contribution in [1.82, 2.24) is 4.90 Å². The predicted octanol–water partition coefficient (Wildman–Crippen LogP) is 3.59. The number of carboxylic acid groups (broad SMARTS) is 1. The Hall–Kier alpha value is -0.870. The van der Waals surface area contributed by atoms with E-state index in [0.29, 0.717) is 0 Å². The van der Waals surface area contributed by atoms with Crippen LogP contribution in [0.15, 0.2) is 22.7 Å². The van der Waals surface area contributed by atoms with E-state index < -0.39 is 5.97 Å². The van der Waals surface area contributed by atoms with Crippen molar-refractivity contribution in [2.24, 2.45) is 0 Å². The van der Waals surface area contributed by atoms with E-state index in [1.54, 1.807) is 0 Å². The Balaban J connectivity index is 2.13. The molecule has 0 spiro atoms. The Labute approximate surface area is 122 Å². The van der Waals surface area contributed by atoms with Crippen LogP contribution in [-0.4, -0.2) is 28.6 Å². The molecule has 2 rings (SSSR count). The Bertz CT molecular complexity index is 461. The molecule has 1 saturated heterocycles. The largest absolute Gasteiger partial charge is 0.480 e. The van der Waals surface area contributed by atoms with E-state index in [-0.39, 0.29) is 6.04 Å². The van der Waals surface area contributed by atoms with Gasteiger partial charge in [-0.2, -0.15) is 0 Å². The third kappa shape index (κ3) is 3.80. The third-order valence-electron chi connectivity index (χ3n) is 3.77. The fourth-order valence-electron chi connectivity index (χ4n) is 2.61. The van der Waals surface area contributed by atoms with Crippen LogP contribution in [0.25, 0.3) is 0 Å². The van der Waals surface area contributed by atoms with Crippen molar-refractivity contribution in [2.45, 2.75) is 45.2 Å². The lowest BCUT2D eigenvalue weighted by molar-refractivity contribution is -0.143. The van der Waals surface area contributed by atoms with Gasteiger partial charge in [0, 0.05) is 11.0 Å². The smallest absolute Gasteiger partial charge is 0.320 e. The van der Waals surface area contributed by atoms with Gasteiger partial charge in [-0.15, -0.1) is 0 Å². The zero-order valence-electron chi connectivity index (χ0n) is 11.2. The molecule has 1 aliphatic rings. The highest BCUT2D eigenvalue weighted by Gasteiger charge is 2.26. The maximum Gasteiger partial charge on any atom is 0.320 e. The first-order valence-electron chi connectivity index (χ1n) is 6.80. The summed E-state index contributed by atoms with van der Waals surface area (Å²) in [5, 5.41) is 9.36. The van der Waals surface area contributed by atoms with Crippen LogP contribution in [0.3, 0.4) is 0 Å². The van der Waals surface area contributed by atoms with Crippen LogP contribution in [0.5, 0.6) is 0 Å². The first-order valence-corrected chi connectivity index (χ1v) is 7.59. The molecule has 1 aromatic carbocycles. The van der Waals surface area contributed by atoms with E-state index in [0.717, 1.165) is 43.2 Å². The van der Waals surface area contributed by atoms with Crippen LogP contribution in [-0.2, 0) is 11.3 Å². The number of benzene rings is 1. The molecule has 1 atom stereocenters. The van der Waals surface area contributed by atoms with Crippen molar-refractivity contribution in [3.8, 4) is 0 Å². The molecule has 1 heterocycles. The third-order valence-corrected chi connectivity index (χ3v) is 4.62. The molecule has 104 valence electrons. The summed E-state index contributed by atoms with van der Waals surface area (Å²) in [6.07, 6.45) is 4.02. The van der Waals surface area contributed by atoms with Crippen molar-refractivity contribution < 1.29 is 9.90 Å². The van der Waals surface area contributed by atoms with Crippen molar-refractivity contribution in [3.05, 3.63) is 33.8 Å². The number of hydrogen-bond acceptors (Lipinski definition) is 2. The van der Waals surface area contributed by atoms with Crippen molar-refractivity contribution in [2.75, 3.05) is 6.54 Å². The van der Waals surface area contributed by atoms with Gasteiger partial charge in [-0.25, -0.2) is 0 Å². The molecule has 1 N–H and O–H groups in total. The number of carboxylic acids is 1. The van der Waals surface area contributed by atoms with Gasteiger partial charge >= 0.3 is 5.97 Å². The van der Waals surface area contributed by atoms with Gasteiger partial charge in [-0.1, -0.05) is 40.9 Å². The molecule has 0 aromatic heterocycles. The second-order valence-electron chi connectivity index (χ2n) is 5.26. The van der Waals surface area contributed by atoms with Crippen LogP contribution >= 0.6 is 15.9 Å². The average molecular weight is 326 g/mol. The maximum atomic E-state index is 11.4. The van der Waals surface area contributed by atoms with Gasteiger partial charge in [0.1, 0.15) is 6.04 Å². The topological polar surface area (TPSA) is 40.5 Å². The number of aliphatic carboxylic acids is 1. The Morgan fingerprint density at radius 3 is 2.89 bits per heavy atom. The lowest BCUT2D eigenvalue weighted by atomic mass is 10.1. The monoisotopic (exact) mass is 325 g/mol. The summed E-state index contributed by atoms with van der Waals surface area (Å²) < 4.78 is 1.09. The summed E-state index contributed by atoms with van der Waals surface area (Å²) in [6, 6.07) is 5.93. The van der Waals surface area contributed by atoms with Crippen LogP contribution in [0.4, 0.5) is 0 Å². The van der Waals surface area contributed by atoms with Gasteiger partial charge in [0.15, 0.2) is 0 Å². The van der Waals surface area contributed by atoms with Gasteiger partial charge in [0.2, 0.25) is 0 Å². The fourth-order valence-corrected chi connectivity index (χ4v) is 3.03. The number of hydrogen-bond donors (Lipinski definition) is 1. The van der Waals surface area contributed by atoms with Crippen LogP contribution in [0.2, 0.25) is 0 Å². The number of nitrogens with zero attached hydrogens (tertiary/aromatic N) is 1. The molecule has 1 fully saturated rings. The maximum absolute atomic E-state index is 11.4. The average Bonchev–Trinajstić information content (AvgIpc) is 2.59. The highest BCUT2D eigenvalue weighted by Crippen LogP contribution is 2.22. The van der Waals surface area contributed by atoms with E-state index in [1.807, 2.05) is 0 Å². The molecular formula is C15H20BrNO2. The summed E-state index contributed by atoms with van der Waals surface area (Å²) >= 11 is 3.54. The number of carbonyl (C=O) groups is 1. The molecular weight excluding hydrogens is 306 g/mol. The molecule has 0 saturated carbocycles. The molecule has 1 unspecified atom stereocenters. The predicted molar refractivity (Wildman–Crippen MR) is 79.2 cm³/mol. The molecule has 0 amide bonds. The molecule has 0 aliphatic carbocycles. The SMILES string of the molecule is Cc1ccc(CN2CCCCCC2C(=O)O)cc1Br. The van der Waals surface area contributed by atoms with Gasteiger partial charge < -0.3 is 5.11 Å². The van der Waals surface area contributed by atoms with Gasteiger partial charge in [-0.05, 0) is 43.5 Å². The second-order valence-corrected chi connectivity index (χ2v) is 6.11. The first kappa shape index (κ1) is 14.5. The molecule has 1 aliphatic heterocycles. The molecule has 3 nitrogen and oxygen atoms in total. The number of rotatable bonds is 3. The highest BCUT2D eigenvalue weighted by molar-refractivity contribution is 9.10. The molecule has 19 heavy (non-hydrogen) atoms. The molecule has 1 aromatic rings. The number of likely N-dealkylation sites (tertiary alicyclic amines) is 1. The first-order chi connectivity index (χ1) is 9.08. The molecule has 0 bridgehead atoms. The lowest BCUT2D eigenvalue weighted by Crippen LogP contribution is -2.40. The van der Waals surface area contributed by atoms with Gasteiger partial charge in [0.25, 0.3) is 0 Å². The normalized spacial score (nSPS) is 21.1. The Morgan fingerprint density at radius 2 is 2.21 bits per heavy atom. The van der Waals surface area contributed by atoms with E-state index in [9.17, 15) is 9.90 Å². The zero-order valence-corrected chi connectivity index (χ0v) is 12.8. The summed E-state index contributed by atoms with van der Waals surface area (Å²) in [7, 11) is 0. The fraction of sp³-hybridized carbons (Fsp3) is 0.533. The van der Waals surface area contributed by atoms with Crippen LogP contribution < -0.4 is 0 Å². The van der Waals surface area contributed by atoms with Crippen LogP contribution in [0, 0.1) is 6.92 Å². The van der Waals surface area contributed by atoms with Crippen LogP contribution in [0.1, 0.15) is 36.8 Å². The van der Waals surface area contributed by atoms with E-state index in [4.69, 9.17) is 0 Å². The Kier molecular flexibility index (Phi) is 4.99. The second kappa shape index (κ2) is 6.53. The number of halogens is 1. The summed E-state index contributed by atoms with van der Waals surface area (Å²) in [4.78, 5) is 13.5. The summed E-state index contributed by atoms with van der Waals surface area (Å²) in [5.41, 5.74) is 2.38. The quantitative estimate of drug-likeness (QED) is 0.923. The number of aryl methyl sites for hydroxylation is 1. The minimum atomic E-state index is -0.687. The minimum absolute atomic E-state index is 0.331. The zero-order chi connectivity index (χ0) is 13.8. The lowest BCUT2D eigenvalue weighted by Gasteiger charge is -2.26. The summed E-state index contributed by atoms with van der Waals surface area (Å²) in [6.45, 7) is 3.65.